The first kappa shape index (κ1) is 82.0. The summed E-state index contributed by atoms with van der Waals surface area (Å²) in [5.41, 5.74) is 0. The standard InChI is InChI=1S/C65H115N15O13/c1-24-26-29-42(13)55(82)54-59(86)70-46(25-2)61(88)73(17)35-50(81)77(21)53(45(16)93-31-28-27-30-80-67-36-66-72-80)58(85)71-51(40(9)10)64(91)74(18)47(32-37(3)4)57(84)68-43(14)56(83)69-44(15)60(87)75(19)48(33-38(5)6)62(89)76(20)49(34-39(7)8)63(90)78(22)52(41(11)12)65(92)79(54)23/h24,26,36-49,51-55,82H,25,27-35H2,1-23H3,(H,68,84)(H,69,83)(H,70,86)(H,71,85)/t42-,43+,44-,45-,46+,47-,48+,49-,51+,52+,53+,54+,55-/m1/s1. The molecular formula is C65H115N15O13. The van der Waals surface area contributed by atoms with E-state index >= 15 is 14.4 Å². The Hall–Kier alpha value is -7.10. The molecule has 0 bridgehead atoms. The number of nitrogens with one attached hydrogen (secondary N) is 4. The number of hydrogen-bond donors (Lipinski definition) is 5. The molecule has 0 aliphatic carbocycles. The largest absolute Gasteiger partial charge is 0.390 e. The van der Waals surface area contributed by atoms with Crippen LogP contribution in [0.3, 0.4) is 0 Å². The van der Waals surface area contributed by atoms with Crippen LogP contribution in [-0.2, 0) is 64.0 Å². The molecule has 1 fully saturated rings. The van der Waals surface area contributed by atoms with Crippen molar-refractivity contribution in [3.8, 4) is 0 Å². The van der Waals surface area contributed by atoms with Crippen LogP contribution in [0, 0.1) is 35.5 Å². The Labute approximate surface area is 552 Å². The molecule has 1 aliphatic rings. The Balaban J connectivity index is 2.98. The van der Waals surface area contributed by atoms with Crippen molar-refractivity contribution < 1.29 is 62.6 Å². The molecule has 11 amide bonds. The summed E-state index contributed by atoms with van der Waals surface area (Å²) in [6.45, 7) is 27.5. The van der Waals surface area contributed by atoms with E-state index in [9.17, 15) is 43.5 Å². The van der Waals surface area contributed by atoms with E-state index < -0.39 is 162 Å². The molecule has 28 heteroatoms. The highest BCUT2D eigenvalue weighted by Crippen LogP contribution is 2.26. The van der Waals surface area contributed by atoms with Crippen LogP contribution in [0.1, 0.15) is 156 Å². The van der Waals surface area contributed by atoms with Gasteiger partial charge in [-0.3, -0.25) is 52.7 Å². The van der Waals surface area contributed by atoms with Crippen molar-refractivity contribution in [2.24, 2.45) is 35.5 Å². The van der Waals surface area contributed by atoms with Crippen molar-refractivity contribution in [1.82, 2.24) is 75.8 Å². The number of nitrogens with zero attached hydrogens (tertiary/aromatic N) is 11. The van der Waals surface area contributed by atoms with Crippen molar-refractivity contribution in [3.05, 3.63) is 18.5 Å². The monoisotopic (exact) mass is 1310 g/mol. The smallest absolute Gasteiger partial charge is 0.246 e. The molecule has 0 unspecified atom stereocenters. The third-order valence-corrected chi connectivity index (χ3v) is 17.3. The molecule has 5 N–H and O–H groups in total. The predicted molar refractivity (Wildman–Crippen MR) is 351 cm³/mol. The molecular weight excluding hydrogens is 1200 g/mol. The molecule has 2 heterocycles. The number of likely N-dealkylation sites (N-methyl/N-ethyl adjacent to an activating group) is 7. The second kappa shape index (κ2) is 38.3. The molecule has 1 aromatic heterocycles. The number of carbonyl (C=O) groups is 11. The van der Waals surface area contributed by atoms with Crippen molar-refractivity contribution in [2.75, 3.05) is 62.5 Å². The fraction of sp³-hybridized carbons (Fsp3) is 0.785. The summed E-state index contributed by atoms with van der Waals surface area (Å²) in [5.74, 6) is -10.2. The second-order valence-corrected chi connectivity index (χ2v) is 27.2. The third-order valence-electron chi connectivity index (χ3n) is 17.3. The van der Waals surface area contributed by atoms with Gasteiger partial charge in [-0.05, 0) is 113 Å². The van der Waals surface area contributed by atoms with Crippen molar-refractivity contribution in [3.63, 3.8) is 0 Å². The van der Waals surface area contributed by atoms with Gasteiger partial charge in [-0.15, -0.1) is 10.2 Å². The topological polar surface area (TPSA) is 332 Å². The number of unbranched alkanes of at least 4 members (excludes halogenated alkanes) is 1. The Bertz CT molecular complexity index is 2670. The minimum absolute atomic E-state index is 0.0143. The van der Waals surface area contributed by atoms with E-state index in [1.165, 1.54) is 93.9 Å². The summed E-state index contributed by atoms with van der Waals surface area (Å²) in [7, 11) is 9.78. The Kier molecular flexibility index (Phi) is 33.8. The molecule has 0 radical (unpaired) electrons. The number of amides is 11. The zero-order valence-electron chi connectivity index (χ0n) is 60.0. The lowest BCUT2D eigenvalue weighted by Gasteiger charge is -2.41. The van der Waals surface area contributed by atoms with Gasteiger partial charge in [0.05, 0.1) is 25.3 Å². The number of hydrogen-bond acceptors (Lipinski definition) is 16. The quantitative estimate of drug-likeness (QED) is 0.0922. The predicted octanol–water partition coefficient (Wildman–Crippen LogP) is 2.09. The van der Waals surface area contributed by atoms with Crippen LogP contribution in [0.4, 0.5) is 0 Å². The summed E-state index contributed by atoms with van der Waals surface area (Å²) < 4.78 is 6.23. The fourth-order valence-corrected chi connectivity index (χ4v) is 11.5. The van der Waals surface area contributed by atoms with Gasteiger partial charge in [0.25, 0.3) is 0 Å². The molecule has 13 atom stereocenters. The maximum absolute atomic E-state index is 15.2. The van der Waals surface area contributed by atoms with E-state index in [1.807, 2.05) is 41.5 Å². The summed E-state index contributed by atoms with van der Waals surface area (Å²) in [5, 5.41) is 34.8. The van der Waals surface area contributed by atoms with Gasteiger partial charge in [0.2, 0.25) is 65.0 Å². The molecule has 528 valence electrons. The number of tetrazole rings is 1. The van der Waals surface area contributed by atoms with Crippen LogP contribution >= 0.6 is 0 Å². The van der Waals surface area contributed by atoms with E-state index in [-0.39, 0.29) is 50.0 Å². The summed E-state index contributed by atoms with van der Waals surface area (Å²) in [6, 6.07) is -13.0. The molecule has 2 rings (SSSR count). The highest BCUT2D eigenvalue weighted by atomic mass is 16.5. The van der Waals surface area contributed by atoms with Gasteiger partial charge in [0.1, 0.15) is 60.4 Å². The molecule has 1 saturated heterocycles. The Morgan fingerprint density at radius 2 is 1.06 bits per heavy atom. The number of carbonyl (C=O) groups excluding carboxylic acids is 11. The second-order valence-electron chi connectivity index (χ2n) is 27.2. The number of aliphatic hydroxyl groups is 1. The van der Waals surface area contributed by atoms with Crippen LogP contribution in [0.5, 0.6) is 0 Å². The van der Waals surface area contributed by atoms with Crippen LogP contribution in [0.25, 0.3) is 0 Å². The van der Waals surface area contributed by atoms with E-state index in [0.717, 1.165) is 14.7 Å². The number of aryl methyl sites for hydroxylation is 1. The first-order valence-corrected chi connectivity index (χ1v) is 33.0. The van der Waals surface area contributed by atoms with Crippen LogP contribution in [0.2, 0.25) is 0 Å². The molecule has 0 aromatic carbocycles. The van der Waals surface area contributed by atoms with Crippen molar-refractivity contribution in [1.29, 1.82) is 0 Å². The average Bonchev–Trinajstić information content (AvgIpc) is 1.07. The number of rotatable bonds is 20. The Morgan fingerprint density at radius 1 is 0.559 bits per heavy atom. The summed E-state index contributed by atoms with van der Waals surface area (Å²) in [6.07, 6.45) is 4.06. The average molecular weight is 1310 g/mol. The molecule has 0 spiro atoms. The van der Waals surface area contributed by atoms with E-state index in [4.69, 9.17) is 4.74 Å². The minimum atomic E-state index is -1.64. The summed E-state index contributed by atoms with van der Waals surface area (Å²) >= 11 is 0. The van der Waals surface area contributed by atoms with Gasteiger partial charge in [0, 0.05) is 55.9 Å². The third kappa shape index (κ3) is 23.4. The molecule has 1 aromatic rings. The van der Waals surface area contributed by atoms with E-state index in [2.05, 4.69) is 36.7 Å². The zero-order chi connectivity index (χ0) is 71.2. The Morgan fingerprint density at radius 3 is 1.57 bits per heavy atom. The first-order valence-electron chi connectivity index (χ1n) is 33.0. The number of ether oxygens (including phenoxy) is 1. The van der Waals surface area contributed by atoms with Gasteiger partial charge in [0.15, 0.2) is 6.33 Å². The van der Waals surface area contributed by atoms with Gasteiger partial charge in [-0.1, -0.05) is 95.2 Å². The van der Waals surface area contributed by atoms with E-state index in [1.54, 1.807) is 67.5 Å². The lowest BCUT2D eigenvalue weighted by atomic mass is 9.91. The molecule has 1 aliphatic heterocycles. The zero-order valence-corrected chi connectivity index (χ0v) is 60.0. The highest BCUT2D eigenvalue weighted by Gasteiger charge is 2.46. The lowest BCUT2D eigenvalue weighted by molar-refractivity contribution is -0.157. The fourth-order valence-electron chi connectivity index (χ4n) is 11.5. The minimum Gasteiger partial charge on any atom is -0.390 e. The van der Waals surface area contributed by atoms with E-state index in [0.29, 0.717) is 25.8 Å². The van der Waals surface area contributed by atoms with Crippen LogP contribution in [-0.4, -0.2) is 260 Å². The lowest BCUT2D eigenvalue weighted by Crippen LogP contribution is -2.63. The van der Waals surface area contributed by atoms with Crippen LogP contribution < -0.4 is 21.3 Å². The normalized spacial score (nSPS) is 25.9. The van der Waals surface area contributed by atoms with Gasteiger partial charge in [-0.25, -0.2) is 0 Å². The van der Waals surface area contributed by atoms with Gasteiger partial charge < -0.3 is 65.4 Å². The molecule has 28 nitrogen and oxygen atoms in total. The molecule has 93 heavy (non-hydrogen) atoms. The number of aromatic nitrogens is 4. The summed E-state index contributed by atoms with van der Waals surface area (Å²) in [4.78, 5) is 172. The highest BCUT2D eigenvalue weighted by molar-refractivity contribution is 5.99. The maximum Gasteiger partial charge on any atom is 0.246 e. The van der Waals surface area contributed by atoms with Gasteiger partial charge >= 0.3 is 0 Å². The number of aliphatic hydroxyl groups excluding tert-OH is 1. The molecule has 0 saturated carbocycles. The first-order chi connectivity index (χ1) is 43.3. The van der Waals surface area contributed by atoms with Crippen LogP contribution in [0.15, 0.2) is 18.5 Å². The maximum atomic E-state index is 15.2. The number of allylic oxidation sites excluding steroid dienone is 2. The SMILES string of the molecule is CC=CC[C@@H](C)[C@@H](O)[C@H]1C(=O)N[C@@H](CC)C(=O)N(C)CC(=O)N(C)[C@@H]([C@@H](C)OCCCCn2ncnn2)C(=O)N[C@@H](C(C)C)C(=O)N(C)[C@H](CC(C)C)C(=O)N[C@@H](C)C(=O)N[C@H](C)C(=O)N(C)[C@@H](CC(C)C)C(=O)N(C)[C@H](CC(C)C)C(=O)N(C)[C@@H](C(C)C)C(=O)N1C. The van der Waals surface area contributed by atoms with Gasteiger partial charge in [-0.2, -0.15) is 4.80 Å². The van der Waals surface area contributed by atoms with Crippen molar-refractivity contribution >= 4 is 65.0 Å². The van der Waals surface area contributed by atoms with Crippen molar-refractivity contribution in [2.45, 2.75) is 235 Å².